The van der Waals surface area contributed by atoms with Crippen LogP contribution in [0, 0.1) is 0 Å². The van der Waals surface area contributed by atoms with E-state index in [2.05, 4.69) is 16.8 Å². The highest BCUT2D eigenvalue weighted by Crippen LogP contribution is 2.30. The van der Waals surface area contributed by atoms with E-state index in [4.69, 9.17) is 0 Å². The Morgan fingerprint density at radius 2 is 1.93 bits per heavy atom. The van der Waals surface area contributed by atoms with Gasteiger partial charge in [0.25, 0.3) is 0 Å². The molecule has 0 amide bonds. The van der Waals surface area contributed by atoms with Crippen LogP contribution < -0.4 is 0 Å². The van der Waals surface area contributed by atoms with E-state index >= 15 is 0 Å². The minimum atomic E-state index is -0.405. The molecule has 1 aromatic heterocycles. The fourth-order valence-corrected chi connectivity index (χ4v) is 3.01. The molecular weight excluding hydrogens is 192 g/mol. The Hall–Kier alpha value is -0.340. The zero-order valence-corrected chi connectivity index (χ0v) is 9.35. The van der Waals surface area contributed by atoms with Gasteiger partial charge in [0.2, 0.25) is 0 Å². The molecular formula is C12H18OS. The third kappa shape index (κ3) is 2.58. The van der Waals surface area contributed by atoms with E-state index in [9.17, 15) is 5.11 Å². The summed E-state index contributed by atoms with van der Waals surface area (Å²) < 4.78 is 0. The Labute approximate surface area is 89.8 Å². The molecule has 0 atom stereocenters. The van der Waals surface area contributed by atoms with Crippen molar-refractivity contribution in [3.63, 3.8) is 0 Å². The lowest BCUT2D eigenvalue weighted by Gasteiger charge is -2.26. The van der Waals surface area contributed by atoms with Crippen molar-refractivity contribution < 1.29 is 5.11 Å². The predicted molar refractivity (Wildman–Crippen MR) is 60.7 cm³/mol. The third-order valence-electron chi connectivity index (χ3n) is 3.15. The van der Waals surface area contributed by atoms with Gasteiger partial charge in [0.05, 0.1) is 5.60 Å². The van der Waals surface area contributed by atoms with E-state index in [1.54, 1.807) is 11.3 Å². The van der Waals surface area contributed by atoms with E-state index in [-0.39, 0.29) is 0 Å². The molecule has 0 bridgehead atoms. The fraction of sp³-hybridized carbons (Fsp3) is 0.667. The van der Waals surface area contributed by atoms with Gasteiger partial charge in [-0.25, -0.2) is 0 Å². The minimum absolute atomic E-state index is 0.405. The van der Waals surface area contributed by atoms with Crippen LogP contribution in [0.2, 0.25) is 0 Å². The Bertz CT molecular complexity index is 258. The molecule has 0 saturated heterocycles. The number of aliphatic hydroxyl groups is 1. The van der Waals surface area contributed by atoms with Gasteiger partial charge in [-0.05, 0) is 35.2 Å². The van der Waals surface area contributed by atoms with Gasteiger partial charge < -0.3 is 5.11 Å². The van der Waals surface area contributed by atoms with Crippen molar-refractivity contribution in [1.82, 2.24) is 0 Å². The van der Waals surface area contributed by atoms with Gasteiger partial charge in [0.1, 0.15) is 0 Å². The van der Waals surface area contributed by atoms with E-state index < -0.39 is 5.60 Å². The molecule has 0 aliphatic heterocycles. The van der Waals surface area contributed by atoms with E-state index in [1.165, 1.54) is 31.2 Å². The first-order chi connectivity index (χ1) is 6.79. The van der Waals surface area contributed by atoms with Gasteiger partial charge in [0, 0.05) is 6.42 Å². The molecule has 0 unspecified atom stereocenters. The molecule has 1 N–H and O–H groups in total. The summed E-state index contributed by atoms with van der Waals surface area (Å²) in [6.45, 7) is 0. The summed E-state index contributed by atoms with van der Waals surface area (Å²) in [4.78, 5) is 0. The highest BCUT2D eigenvalue weighted by atomic mass is 32.1. The number of rotatable bonds is 2. The maximum absolute atomic E-state index is 10.4. The molecule has 2 rings (SSSR count). The molecule has 1 heterocycles. The first-order valence-corrected chi connectivity index (χ1v) is 6.46. The summed E-state index contributed by atoms with van der Waals surface area (Å²) in [6.07, 6.45) is 7.82. The highest BCUT2D eigenvalue weighted by molar-refractivity contribution is 7.07. The van der Waals surface area contributed by atoms with Crippen LogP contribution in [0.25, 0.3) is 0 Å². The predicted octanol–water partition coefficient (Wildman–Crippen LogP) is 3.38. The lowest BCUT2D eigenvalue weighted by atomic mass is 9.88. The van der Waals surface area contributed by atoms with E-state index in [0.717, 1.165) is 19.3 Å². The molecule has 14 heavy (non-hydrogen) atoms. The van der Waals surface area contributed by atoms with Crippen LogP contribution in [0.3, 0.4) is 0 Å². The lowest BCUT2D eigenvalue weighted by Crippen LogP contribution is -2.30. The fourth-order valence-electron chi connectivity index (χ4n) is 2.34. The normalized spacial score (nSPS) is 21.8. The van der Waals surface area contributed by atoms with Crippen LogP contribution >= 0.6 is 11.3 Å². The van der Waals surface area contributed by atoms with E-state index in [0.29, 0.717) is 0 Å². The molecule has 78 valence electrons. The van der Waals surface area contributed by atoms with Crippen LogP contribution in [0.15, 0.2) is 16.8 Å². The van der Waals surface area contributed by atoms with Gasteiger partial charge in [-0.1, -0.05) is 25.7 Å². The van der Waals surface area contributed by atoms with Crippen LogP contribution in [-0.2, 0) is 6.42 Å². The second-order valence-electron chi connectivity index (χ2n) is 4.45. The van der Waals surface area contributed by atoms with Gasteiger partial charge in [-0.2, -0.15) is 11.3 Å². The molecule has 2 heteroatoms. The number of thiophene rings is 1. The molecule has 1 fully saturated rings. The summed E-state index contributed by atoms with van der Waals surface area (Å²) in [5.74, 6) is 0. The van der Waals surface area contributed by atoms with E-state index in [1.807, 2.05) is 0 Å². The van der Waals surface area contributed by atoms with Crippen molar-refractivity contribution in [2.45, 2.75) is 50.5 Å². The minimum Gasteiger partial charge on any atom is -0.390 e. The Balaban J connectivity index is 1.99. The molecule has 1 aliphatic carbocycles. The average molecular weight is 210 g/mol. The Kier molecular flexibility index (Phi) is 3.24. The monoisotopic (exact) mass is 210 g/mol. The maximum atomic E-state index is 10.4. The van der Waals surface area contributed by atoms with Crippen molar-refractivity contribution >= 4 is 11.3 Å². The molecule has 0 spiro atoms. The molecule has 1 aliphatic rings. The van der Waals surface area contributed by atoms with Gasteiger partial charge in [-0.3, -0.25) is 0 Å². The highest BCUT2D eigenvalue weighted by Gasteiger charge is 2.27. The molecule has 1 aromatic rings. The molecule has 0 radical (unpaired) electrons. The van der Waals surface area contributed by atoms with Gasteiger partial charge in [-0.15, -0.1) is 0 Å². The topological polar surface area (TPSA) is 20.2 Å². The second kappa shape index (κ2) is 4.45. The van der Waals surface area contributed by atoms with Gasteiger partial charge >= 0.3 is 0 Å². The summed E-state index contributed by atoms with van der Waals surface area (Å²) in [7, 11) is 0. The third-order valence-corrected chi connectivity index (χ3v) is 3.88. The summed E-state index contributed by atoms with van der Waals surface area (Å²) >= 11 is 1.72. The zero-order valence-electron chi connectivity index (χ0n) is 8.54. The maximum Gasteiger partial charge on any atom is 0.0688 e. The lowest BCUT2D eigenvalue weighted by molar-refractivity contribution is 0.0253. The SMILES string of the molecule is OC1(Cc2ccsc2)CCCCCC1. The van der Waals surface area contributed by atoms with Gasteiger partial charge in [0.15, 0.2) is 0 Å². The Morgan fingerprint density at radius 1 is 1.21 bits per heavy atom. The number of hydrogen-bond donors (Lipinski definition) is 1. The van der Waals surface area contributed by atoms with Crippen LogP contribution in [0.5, 0.6) is 0 Å². The van der Waals surface area contributed by atoms with Crippen molar-refractivity contribution in [3.05, 3.63) is 22.4 Å². The standard InChI is InChI=1S/C12H18OS/c13-12(6-3-1-2-4-7-12)9-11-5-8-14-10-11/h5,8,10,13H,1-4,6-7,9H2. The van der Waals surface area contributed by atoms with Crippen molar-refractivity contribution in [2.75, 3.05) is 0 Å². The number of hydrogen-bond acceptors (Lipinski definition) is 2. The second-order valence-corrected chi connectivity index (χ2v) is 5.23. The first-order valence-electron chi connectivity index (χ1n) is 5.52. The zero-order chi connectivity index (χ0) is 9.86. The Morgan fingerprint density at radius 3 is 2.50 bits per heavy atom. The summed E-state index contributed by atoms with van der Waals surface area (Å²) in [5.41, 5.74) is 0.900. The quantitative estimate of drug-likeness (QED) is 0.742. The largest absolute Gasteiger partial charge is 0.390 e. The summed E-state index contributed by atoms with van der Waals surface area (Å²) in [5, 5.41) is 14.7. The summed E-state index contributed by atoms with van der Waals surface area (Å²) in [6, 6.07) is 2.13. The van der Waals surface area contributed by atoms with Crippen molar-refractivity contribution in [3.8, 4) is 0 Å². The molecule has 0 aromatic carbocycles. The first kappa shape index (κ1) is 10.2. The molecule has 1 saturated carbocycles. The van der Waals surface area contributed by atoms with Crippen molar-refractivity contribution in [1.29, 1.82) is 0 Å². The van der Waals surface area contributed by atoms with Crippen LogP contribution in [-0.4, -0.2) is 10.7 Å². The van der Waals surface area contributed by atoms with Crippen LogP contribution in [0.1, 0.15) is 44.1 Å². The van der Waals surface area contributed by atoms with Crippen LogP contribution in [0.4, 0.5) is 0 Å². The molecule has 1 nitrogen and oxygen atoms in total. The van der Waals surface area contributed by atoms with Crippen molar-refractivity contribution in [2.24, 2.45) is 0 Å². The average Bonchev–Trinajstić information content (AvgIpc) is 2.55. The smallest absolute Gasteiger partial charge is 0.0688 e.